The lowest BCUT2D eigenvalue weighted by Gasteiger charge is -2.21. The van der Waals surface area contributed by atoms with Gasteiger partial charge in [-0.3, -0.25) is 4.55 Å². The maximum atomic E-state index is 11.9. The van der Waals surface area contributed by atoms with Gasteiger partial charge < -0.3 is 4.74 Å². The van der Waals surface area contributed by atoms with Crippen molar-refractivity contribution in [2.75, 3.05) is 6.61 Å². The van der Waals surface area contributed by atoms with Gasteiger partial charge in [0.05, 0.1) is 17.1 Å². The average Bonchev–Trinajstić information content (AvgIpc) is 3.06. The van der Waals surface area contributed by atoms with Gasteiger partial charge in [0.15, 0.2) is 0 Å². The highest BCUT2D eigenvalue weighted by atomic mass is 32.2. The summed E-state index contributed by atoms with van der Waals surface area (Å²) in [4.78, 5) is 11.7. The number of benzene rings is 1. The SMILES string of the molecule is O=C(OCC1CC2CCC1C2)c1ccc(S(=O)(=O)O)cc1. The molecule has 0 heterocycles. The zero-order chi connectivity index (χ0) is 15.0. The van der Waals surface area contributed by atoms with Crippen LogP contribution >= 0.6 is 0 Å². The molecule has 0 amide bonds. The highest BCUT2D eigenvalue weighted by Crippen LogP contribution is 2.48. The molecule has 114 valence electrons. The van der Waals surface area contributed by atoms with Crippen LogP contribution in [0.4, 0.5) is 0 Å². The van der Waals surface area contributed by atoms with E-state index >= 15 is 0 Å². The first-order valence-corrected chi connectivity index (χ1v) is 8.62. The number of carbonyl (C=O) groups excluding carboxylic acids is 1. The molecule has 2 saturated carbocycles. The van der Waals surface area contributed by atoms with Crippen molar-refractivity contribution >= 4 is 16.1 Å². The summed E-state index contributed by atoms with van der Waals surface area (Å²) in [5.41, 5.74) is 0.297. The second-order valence-corrected chi connectivity index (χ2v) is 7.45. The van der Waals surface area contributed by atoms with Gasteiger partial charge in [-0.05, 0) is 61.3 Å². The quantitative estimate of drug-likeness (QED) is 0.682. The first kappa shape index (κ1) is 14.5. The number of ether oxygens (including phenoxy) is 1. The molecule has 0 spiro atoms. The van der Waals surface area contributed by atoms with Crippen LogP contribution in [-0.2, 0) is 14.9 Å². The molecule has 0 saturated heterocycles. The van der Waals surface area contributed by atoms with Crippen molar-refractivity contribution in [3.8, 4) is 0 Å². The van der Waals surface area contributed by atoms with Gasteiger partial charge in [-0.25, -0.2) is 4.79 Å². The largest absolute Gasteiger partial charge is 0.462 e. The van der Waals surface area contributed by atoms with Crippen LogP contribution in [-0.4, -0.2) is 25.5 Å². The highest BCUT2D eigenvalue weighted by Gasteiger charge is 2.39. The highest BCUT2D eigenvalue weighted by molar-refractivity contribution is 7.85. The van der Waals surface area contributed by atoms with Crippen molar-refractivity contribution in [3.63, 3.8) is 0 Å². The van der Waals surface area contributed by atoms with Crippen LogP contribution < -0.4 is 0 Å². The molecule has 2 aliphatic rings. The van der Waals surface area contributed by atoms with Crippen molar-refractivity contribution in [2.24, 2.45) is 17.8 Å². The average molecular weight is 310 g/mol. The molecule has 1 aromatic carbocycles. The molecule has 2 aliphatic carbocycles. The van der Waals surface area contributed by atoms with Gasteiger partial charge in [0.2, 0.25) is 0 Å². The maximum Gasteiger partial charge on any atom is 0.338 e. The van der Waals surface area contributed by atoms with E-state index < -0.39 is 16.1 Å². The van der Waals surface area contributed by atoms with Gasteiger partial charge in [-0.1, -0.05) is 6.42 Å². The van der Waals surface area contributed by atoms with Gasteiger partial charge in [-0.15, -0.1) is 0 Å². The van der Waals surface area contributed by atoms with E-state index in [1.54, 1.807) is 0 Å². The van der Waals surface area contributed by atoms with Crippen LogP contribution in [0.15, 0.2) is 29.2 Å². The molecule has 1 N–H and O–H groups in total. The van der Waals surface area contributed by atoms with Crippen molar-refractivity contribution < 1.29 is 22.5 Å². The second-order valence-electron chi connectivity index (χ2n) is 6.03. The molecular formula is C15H18O5S. The predicted octanol–water partition coefficient (Wildman–Crippen LogP) is 2.53. The van der Waals surface area contributed by atoms with Gasteiger partial charge in [0, 0.05) is 0 Å². The van der Waals surface area contributed by atoms with Crippen molar-refractivity contribution in [3.05, 3.63) is 29.8 Å². The summed E-state index contributed by atoms with van der Waals surface area (Å²) in [5.74, 6) is 1.54. The normalized spacial score (nSPS) is 27.8. The molecule has 0 radical (unpaired) electrons. The zero-order valence-corrected chi connectivity index (χ0v) is 12.4. The molecule has 5 nitrogen and oxygen atoms in total. The van der Waals surface area contributed by atoms with E-state index in [0.29, 0.717) is 24.0 Å². The third kappa shape index (κ3) is 3.11. The number of hydrogen-bond acceptors (Lipinski definition) is 4. The Morgan fingerprint density at radius 1 is 1.19 bits per heavy atom. The van der Waals surface area contributed by atoms with E-state index in [0.717, 1.165) is 12.3 Å². The lowest BCUT2D eigenvalue weighted by molar-refractivity contribution is 0.0394. The van der Waals surface area contributed by atoms with E-state index in [-0.39, 0.29) is 4.90 Å². The van der Waals surface area contributed by atoms with Crippen LogP contribution in [0.3, 0.4) is 0 Å². The summed E-state index contributed by atoms with van der Waals surface area (Å²) >= 11 is 0. The molecule has 1 aromatic rings. The monoisotopic (exact) mass is 310 g/mol. The molecule has 6 heteroatoms. The Labute approximate surface area is 124 Å². The Kier molecular flexibility index (Phi) is 3.75. The number of hydrogen-bond donors (Lipinski definition) is 1. The number of carbonyl (C=O) groups is 1. The fourth-order valence-electron chi connectivity index (χ4n) is 3.61. The molecule has 3 unspecified atom stereocenters. The summed E-state index contributed by atoms with van der Waals surface area (Å²) in [6, 6.07) is 5.10. The van der Waals surface area contributed by atoms with Crippen molar-refractivity contribution in [2.45, 2.75) is 30.6 Å². The maximum absolute atomic E-state index is 11.9. The minimum absolute atomic E-state index is 0.229. The van der Waals surface area contributed by atoms with Crippen LogP contribution in [0.25, 0.3) is 0 Å². The first-order valence-electron chi connectivity index (χ1n) is 7.18. The Bertz CT molecular complexity index is 635. The van der Waals surface area contributed by atoms with Gasteiger partial charge in [0.25, 0.3) is 10.1 Å². The van der Waals surface area contributed by atoms with Gasteiger partial charge in [-0.2, -0.15) is 8.42 Å². The fraction of sp³-hybridized carbons (Fsp3) is 0.533. The molecule has 2 fully saturated rings. The summed E-state index contributed by atoms with van der Waals surface area (Å²) in [5, 5.41) is 0. The van der Waals surface area contributed by atoms with Crippen molar-refractivity contribution in [1.29, 1.82) is 0 Å². The van der Waals surface area contributed by atoms with Crippen LogP contribution in [0.1, 0.15) is 36.0 Å². The summed E-state index contributed by atoms with van der Waals surface area (Å²) in [6.07, 6.45) is 4.98. The van der Waals surface area contributed by atoms with E-state index in [1.165, 1.54) is 43.5 Å². The van der Waals surface area contributed by atoms with Crippen LogP contribution in [0.5, 0.6) is 0 Å². The number of fused-ring (bicyclic) bond motifs is 2. The van der Waals surface area contributed by atoms with Crippen LogP contribution in [0.2, 0.25) is 0 Å². The Morgan fingerprint density at radius 3 is 2.43 bits per heavy atom. The molecule has 2 bridgehead atoms. The van der Waals surface area contributed by atoms with E-state index in [2.05, 4.69) is 0 Å². The molecule has 21 heavy (non-hydrogen) atoms. The Morgan fingerprint density at radius 2 is 1.90 bits per heavy atom. The summed E-state index contributed by atoms with van der Waals surface area (Å²) < 4.78 is 36.1. The molecule has 0 aromatic heterocycles. The standard InChI is InChI=1S/C15H18O5S/c16-15(11-3-5-14(6-4-11)21(17,18)19)20-9-13-8-10-1-2-12(13)7-10/h3-6,10,12-13H,1-2,7-9H2,(H,17,18,19). The minimum atomic E-state index is -4.23. The minimum Gasteiger partial charge on any atom is -0.462 e. The summed E-state index contributed by atoms with van der Waals surface area (Å²) in [6.45, 7) is 0.444. The lowest BCUT2D eigenvalue weighted by atomic mass is 9.89. The summed E-state index contributed by atoms with van der Waals surface area (Å²) in [7, 11) is -4.23. The molecule has 0 aliphatic heterocycles. The Hall–Kier alpha value is -1.40. The second kappa shape index (κ2) is 5.42. The van der Waals surface area contributed by atoms with E-state index in [9.17, 15) is 13.2 Å². The topological polar surface area (TPSA) is 80.7 Å². The Balaban J connectivity index is 1.58. The molecule has 3 rings (SSSR count). The number of rotatable bonds is 4. The van der Waals surface area contributed by atoms with E-state index in [4.69, 9.17) is 9.29 Å². The first-order chi connectivity index (χ1) is 9.93. The molecular weight excluding hydrogens is 292 g/mol. The van der Waals surface area contributed by atoms with Gasteiger partial charge >= 0.3 is 5.97 Å². The van der Waals surface area contributed by atoms with Crippen molar-refractivity contribution in [1.82, 2.24) is 0 Å². The number of esters is 1. The van der Waals surface area contributed by atoms with E-state index in [1.807, 2.05) is 0 Å². The smallest absolute Gasteiger partial charge is 0.338 e. The fourth-order valence-corrected chi connectivity index (χ4v) is 4.09. The third-order valence-corrected chi connectivity index (χ3v) is 5.57. The zero-order valence-electron chi connectivity index (χ0n) is 11.6. The lowest BCUT2D eigenvalue weighted by Crippen LogP contribution is -2.19. The molecule has 3 atom stereocenters. The van der Waals surface area contributed by atoms with Gasteiger partial charge in [0.1, 0.15) is 0 Å². The predicted molar refractivity (Wildman–Crippen MR) is 75.5 cm³/mol. The van der Waals surface area contributed by atoms with Crippen LogP contribution in [0, 0.1) is 17.8 Å². The third-order valence-electron chi connectivity index (χ3n) is 4.70.